The van der Waals surface area contributed by atoms with E-state index in [4.69, 9.17) is 4.42 Å². The molecule has 4 nitrogen and oxygen atoms in total. The van der Waals surface area contributed by atoms with E-state index in [0.29, 0.717) is 5.56 Å². The normalized spacial score (nSPS) is 9.82. The van der Waals surface area contributed by atoms with Crippen molar-refractivity contribution >= 4 is 0 Å². The predicted octanol–water partition coefficient (Wildman–Crippen LogP) is 2.81. The molecule has 0 saturated carbocycles. The number of nitrogens with zero attached hydrogens (tertiary/aromatic N) is 1. The van der Waals surface area contributed by atoms with Crippen LogP contribution in [0.1, 0.15) is 11.5 Å². The second-order valence-corrected chi connectivity index (χ2v) is 4.49. The van der Waals surface area contributed by atoms with Crippen LogP contribution in [0.25, 0.3) is 11.1 Å². The van der Waals surface area contributed by atoms with Crippen LogP contribution in [-0.2, 0) is 0 Å². The zero-order valence-electron chi connectivity index (χ0n) is 11.5. The van der Waals surface area contributed by atoms with Crippen molar-refractivity contribution in [2.24, 2.45) is 0 Å². The summed E-state index contributed by atoms with van der Waals surface area (Å²) in [5.74, 6) is 4.94. The van der Waals surface area contributed by atoms with Crippen molar-refractivity contribution in [2.45, 2.75) is 0 Å². The molecule has 0 aliphatic carbocycles. The van der Waals surface area contributed by atoms with Gasteiger partial charge in [-0.05, 0) is 23.6 Å². The fraction of sp³-hybridized carbons (Fsp3) is 0. The third-order valence-electron chi connectivity index (χ3n) is 2.97. The van der Waals surface area contributed by atoms with E-state index in [1.165, 1.54) is 0 Å². The van der Waals surface area contributed by atoms with Crippen LogP contribution in [0.4, 0.5) is 0 Å². The highest BCUT2D eigenvalue weighted by Crippen LogP contribution is 2.23. The van der Waals surface area contributed by atoms with Gasteiger partial charge in [0, 0.05) is 5.56 Å². The first-order chi connectivity index (χ1) is 10.7. The molecule has 1 aromatic heterocycles. The highest BCUT2D eigenvalue weighted by atomic mass is 16.4. The van der Waals surface area contributed by atoms with Crippen molar-refractivity contribution in [3.05, 3.63) is 82.5 Å². The van der Waals surface area contributed by atoms with E-state index in [1.54, 1.807) is 24.3 Å². The van der Waals surface area contributed by atoms with Gasteiger partial charge in [-0.1, -0.05) is 54.5 Å². The van der Waals surface area contributed by atoms with Gasteiger partial charge in [0.05, 0.1) is 0 Å². The van der Waals surface area contributed by atoms with Crippen LogP contribution in [0.15, 0.2) is 69.9 Å². The molecule has 0 amide bonds. The van der Waals surface area contributed by atoms with Gasteiger partial charge in [0.2, 0.25) is 5.88 Å². The lowest BCUT2D eigenvalue weighted by atomic mass is 10.1. The molecule has 22 heavy (non-hydrogen) atoms. The van der Waals surface area contributed by atoms with Gasteiger partial charge in [0.1, 0.15) is 5.56 Å². The SMILES string of the molecule is O=c1oc(C#Cc2ccccc2)nc(O)c1-c1ccccc1. The summed E-state index contributed by atoms with van der Waals surface area (Å²) in [5, 5.41) is 9.98. The van der Waals surface area contributed by atoms with Crippen LogP contribution in [0.2, 0.25) is 0 Å². The van der Waals surface area contributed by atoms with Gasteiger partial charge in [-0.2, -0.15) is 4.98 Å². The first-order valence-corrected chi connectivity index (χ1v) is 6.60. The van der Waals surface area contributed by atoms with Gasteiger partial charge >= 0.3 is 5.63 Å². The third-order valence-corrected chi connectivity index (χ3v) is 2.97. The van der Waals surface area contributed by atoms with Crippen molar-refractivity contribution in [3.63, 3.8) is 0 Å². The van der Waals surface area contributed by atoms with Crippen LogP contribution < -0.4 is 5.63 Å². The van der Waals surface area contributed by atoms with Crippen molar-refractivity contribution in [2.75, 3.05) is 0 Å². The van der Waals surface area contributed by atoms with E-state index in [-0.39, 0.29) is 17.3 Å². The predicted molar refractivity (Wildman–Crippen MR) is 82.3 cm³/mol. The fourth-order valence-corrected chi connectivity index (χ4v) is 1.96. The Morgan fingerprint density at radius 2 is 1.55 bits per heavy atom. The summed E-state index contributed by atoms with van der Waals surface area (Å²) in [6.07, 6.45) is 0. The molecule has 0 atom stereocenters. The minimum Gasteiger partial charge on any atom is -0.493 e. The summed E-state index contributed by atoms with van der Waals surface area (Å²) in [6, 6.07) is 18.0. The number of benzene rings is 2. The van der Waals surface area contributed by atoms with E-state index < -0.39 is 5.63 Å². The van der Waals surface area contributed by atoms with Crippen molar-refractivity contribution < 1.29 is 9.52 Å². The number of aromatic hydroxyl groups is 1. The molecule has 0 aliphatic heterocycles. The molecule has 0 spiro atoms. The Morgan fingerprint density at radius 1 is 0.909 bits per heavy atom. The van der Waals surface area contributed by atoms with Gasteiger partial charge in [0.25, 0.3) is 5.89 Å². The zero-order chi connectivity index (χ0) is 15.4. The Labute approximate surface area is 126 Å². The quantitative estimate of drug-likeness (QED) is 0.700. The van der Waals surface area contributed by atoms with Crippen LogP contribution in [0.5, 0.6) is 5.88 Å². The van der Waals surface area contributed by atoms with E-state index in [1.807, 2.05) is 36.4 Å². The Balaban J connectivity index is 2.01. The fourth-order valence-electron chi connectivity index (χ4n) is 1.96. The summed E-state index contributed by atoms with van der Waals surface area (Å²) >= 11 is 0. The molecule has 0 aliphatic rings. The Hall–Kier alpha value is -3.32. The van der Waals surface area contributed by atoms with Crippen molar-refractivity contribution in [3.8, 4) is 28.8 Å². The monoisotopic (exact) mass is 289 g/mol. The third kappa shape index (κ3) is 2.89. The van der Waals surface area contributed by atoms with Crippen LogP contribution >= 0.6 is 0 Å². The maximum atomic E-state index is 12.0. The van der Waals surface area contributed by atoms with E-state index >= 15 is 0 Å². The highest BCUT2D eigenvalue weighted by Gasteiger charge is 2.13. The molecule has 4 heteroatoms. The largest absolute Gasteiger partial charge is 0.493 e. The molecule has 1 heterocycles. The lowest BCUT2D eigenvalue weighted by molar-refractivity contribution is 0.412. The minimum atomic E-state index is -0.670. The molecule has 3 aromatic rings. The highest BCUT2D eigenvalue weighted by molar-refractivity contribution is 5.66. The number of hydrogen-bond donors (Lipinski definition) is 1. The van der Waals surface area contributed by atoms with Gasteiger partial charge < -0.3 is 9.52 Å². The summed E-state index contributed by atoms with van der Waals surface area (Å²) in [4.78, 5) is 15.9. The Morgan fingerprint density at radius 3 is 2.18 bits per heavy atom. The Kier molecular flexibility index (Phi) is 3.71. The molecule has 2 aromatic carbocycles. The summed E-state index contributed by atoms with van der Waals surface area (Å²) < 4.78 is 5.07. The number of aromatic nitrogens is 1. The van der Waals surface area contributed by atoms with E-state index in [2.05, 4.69) is 16.8 Å². The molecule has 1 N–H and O–H groups in total. The zero-order valence-corrected chi connectivity index (χ0v) is 11.5. The topological polar surface area (TPSA) is 63.3 Å². The molecule has 0 fully saturated rings. The molecular weight excluding hydrogens is 278 g/mol. The van der Waals surface area contributed by atoms with Crippen molar-refractivity contribution in [1.29, 1.82) is 0 Å². The molecule has 3 rings (SSSR count). The van der Waals surface area contributed by atoms with Crippen LogP contribution in [0, 0.1) is 11.8 Å². The maximum Gasteiger partial charge on any atom is 0.351 e. The minimum absolute atomic E-state index is 0.0332. The molecule has 0 unspecified atom stereocenters. The lowest BCUT2D eigenvalue weighted by Crippen LogP contribution is -2.06. The maximum absolute atomic E-state index is 12.0. The summed E-state index contributed by atoms with van der Waals surface area (Å²) in [6.45, 7) is 0. The van der Waals surface area contributed by atoms with E-state index in [0.717, 1.165) is 5.56 Å². The van der Waals surface area contributed by atoms with Gasteiger partial charge in [-0.3, -0.25) is 0 Å². The molecular formula is C18H11NO3. The average Bonchev–Trinajstić information content (AvgIpc) is 2.54. The molecule has 0 bridgehead atoms. The van der Waals surface area contributed by atoms with Gasteiger partial charge in [-0.15, -0.1) is 0 Å². The summed E-state index contributed by atoms with van der Waals surface area (Å²) in [5.41, 5.74) is 0.671. The standard InChI is InChI=1S/C18H11NO3/c20-17-16(14-9-5-2-6-10-14)18(21)22-15(19-17)12-11-13-7-3-1-4-8-13/h1-10,20H. The number of rotatable bonds is 1. The smallest absolute Gasteiger partial charge is 0.351 e. The van der Waals surface area contributed by atoms with Crippen LogP contribution in [-0.4, -0.2) is 10.1 Å². The number of hydrogen-bond acceptors (Lipinski definition) is 4. The van der Waals surface area contributed by atoms with Gasteiger partial charge in [0.15, 0.2) is 0 Å². The molecule has 106 valence electrons. The lowest BCUT2D eigenvalue weighted by Gasteiger charge is -2.01. The van der Waals surface area contributed by atoms with E-state index in [9.17, 15) is 9.90 Å². The second kappa shape index (κ2) is 5.98. The Bertz CT molecular complexity index is 904. The summed E-state index contributed by atoms with van der Waals surface area (Å²) in [7, 11) is 0. The molecule has 0 saturated heterocycles. The average molecular weight is 289 g/mol. The second-order valence-electron chi connectivity index (χ2n) is 4.49. The first-order valence-electron chi connectivity index (χ1n) is 6.60. The van der Waals surface area contributed by atoms with Crippen LogP contribution in [0.3, 0.4) is 0 Å². The van der Waals surface area contributed by atoms with Gasteiger partial charge in [-0.25, -0.2) is 4.79 Å². The molecule has 0 radical (unpaired) electrons. The first kappa shape index (κ1) is 13.7. The van der Waals surface area contributed by atoms with Crippen molar-refractivity contribution in [1.82, 2.24) is 4.98 Å².